The molecule has 37 heavy (non-hydrogen) atoms. The van der Waals surface area contributed by atoms with Gasteiger partial charge < -0.3 is 20.1 Å². The number of rotatable bonds is 9. The Morgan fingerprint density at radius 1 is 1.03 bits per heavy atom. The number of aryl methyl sites for hydroxylation is 2. The molecule has 1 aliphatic rings. The fourth-order valence-corrected chi connectivity index (χ4v) is 5.41. The number of hydrogen-bond donors (Lipinski definition) is 3. The Morgan fingerprint density at radius 2 is 1.76 bits per heavy atom. The molecule has 0 amide bonds. The van der Waals surface area contributed by atoms with Gasteiger partial charge in [0.1, 0.15) is 18.2 Å². The summed E-state index contributed by atoms with van der Waals surface area (Å²) in [4.78, 5) is 14.9. The summed E-state index contributed by atoms with van der Waals surface area (Å²) in [6.45, 7) is 4.97. The van der Waals surface area contributed by atoms with E-state index in [2.05, 4.69) is 36.3 Å². The Hall–Kier alpha value is -3.48. The summed E-state index contributed by atoms with van der Waals surface area (Å²) in [5.41, 5.74) is 7.35. The maximum absolute atomic E-state index is 13.5. The van der Waals surface area contributed by atoms with Crippen LogP contribution in [0.2, 0.25) is 0 Å². The van der Waals surface area contributed by atoms with E-state index in [0.29, 0.717) is 28.9 Å². The first-order chi connectivity index (χ1) is 17.9. The van der Waals surface area contributed by atoms with Crippen LogP contribution < -0.4 is 15.6 Å². The topological polar surface area (TPSA) is 74.3 Å². The largest absolute Gasteiger partial charge is 0.487 e. The quantitative estimate of drug-likeness (QED) is 0.297. The van der Waals surface area contributed by atoms with Crippen molar-refractivity contribution >= 4 is 10.9 Å². The molecule has 6 heteroatoms. The first-order valence-electron chi connectivity index (χ1n) is 13.0. The second-order valence-electron chi connectivity index (χ2n) is 9.81. The van der Waals surface area contributed by atoms with E-state index in [4.69, 9.17) is 4.74 Å². The van der Waals surface area contributed by atoms with Crippen molar-refractivity contribution in [2.24, 2.45) is 0 Å². The first kappa shape index (κ1) is 25.2. The Labute approximate surface area is 216 Å². The summed E-state index contributed by atoms with van der Waals surface area (Å²) in [6, 6.07) is 18.0. The van der Waals surface area contributed by atoms with E-state index in [1.165, 1.54) is 40.5 Å². The van der Waals surface area contributed by atoms with Gasteiger partial charge in [-0.3, -0.25) is 4.79 Å². The number of benzene rings is 3. The van der Waals surface area contributed by atoms with E-state index in [1.807, 2.05) is 6.07 Å². The Morgan fingerprint density at radius 3 is 2.43 bits per heavy atom. The molecule has 4 aromatic rings. The highest BCUT2D eigenvalue weighted by atomic mass is 19.1. The van der Waals surface area contributed by atoms with Crippen molar-refractivity contribution in [1.29, 1.82) is 0 Å². The van der Waals surface area contributed by atoms with Gasteiger partial charge in [-0.2, -0.15) is 0 Å². The normalized spacial score (nSPS) is 14.2. The second-order valence-corrected chi connectivity index (χ2v) is 9.81. The lowest BCUT2D eigenvalue weighted by Crippen LogP contribution is -2.33. The summed E-state index contributed by atoms with van der Waals surface area (Å²) >= 11 is 0. The third-order valence-electron chi connectivity index (χ3n) is 7.35. The molecule has 1 heterocycles. The van der Waals surface area contributed by atoms with Gasteiger partial charge in [-0.25, -0.2) is 4.39 Å². The van der Waals surface area contributed by atoms with Crippen molar-refractivity contribution in [2.45, 2.75) is 58.3 Å². The zero-order chi connectivity index (χ0) is 25.9. The van der Waals surface area contributed by atoms with Crippen molar-refractivity contribution in [1.82, 2.24) is 10.3 Å². The van der Waals surface area contributed by atoms with E-state index in [-0.39, 0.29) is 24.0 Å². The number of fused-ring (bicyclic) bond motifs is 2. The number of ether oxygens (including phenoxy) is 1. The van der Waals surface area contributed by atoms with Gasteiger partial charge in [-0.05, 0) is 83.3 Å². The van der Waals surface area contributed by atoms with Gasteiger partial charge in [-0.1, -0.05) is 44.2 Å². The van der Waals surface area contributed by atoms with Crippen LogP contribution in [0.3, 0.4) is 0 Å². The molecule has 0 saturated heterocycles. The molecular weight excluding hydrogens is 467 g/mol. The minimum atomic E-state index is -0.758. The van der Waals surface area contributed by atoms with Crippen LogP contribution in [-0.4, -0.2) is 22.7 Å². The smallest absolute Gasteiger partial charge is 0.248 e. The molecule has 0 fully saturated rings. The van der Waals surface area contributed by atoms with E-state index < -0.39 is 6.10 Å². The van der Waals surface area contributed by atoms with Gasteiger partial charge in [0.05, 0.1) is 11.6 Å². The van der Waals surface area contributed by atoms with Crippen molar-refractivity contribution in [3.63, 3.8) is 0 Å². The average Bonchev–Trinajstić information content (AvgIpc) is 3.31. The Bertz CT molecular complexity index is 1450. The number of H-pyrrole nitrogens is 1. The van der Waals surface area contributed by atoms with E-state index in [1.54, 1.807) is 24.3 Å². The van der Waals surface area contributed by atoms with Crippen LogP contribution in [0.25, 0.3) is 10.9 Å². The third kappa shape index (κ3) is 5.45. The van der Waals surface area contributed by atoms with Crippen LogP contribution in [-0.2, 0) is 32.3 Å². The van der Waals surface area contributed by atoms with Gasteiger partial charge in [0.25, 0.3) is 0 Å². The highest BCUT2D eigenvalue weighted by molar-refractivity contribution is 5.87. The van der Waals surface area contributed by atoms with Crippen molar-refractivity contribution < 1.29 is 14.2 Å². The number of aliphatic hydroxyl groups excluding tert-OH is 1. The summed E-state index contributed by atoms with van der Waals surface area (Å²) in [5, 5.41) is 15.4. The van der Waals surface area contributed by atoms with Gasteiger partial charge >= 0.3 is 0 Å². The van der Waals surface area contributed by atoms with E-state index >= 15 is 0 Å². The molecule has 1 aromatic heterocycles. The van der Waals surface area contributed by atoms with Crippen molar-refractivity contribution in [3.05, 3.63) is 110 Å². The third-order valence-corrected chi connectivity index (χ3v) is 7.35. The molecule has 1 aliphatic carbocycles. The zero-order valence-electron chi connectivity index (χ0n) is 21.3. The molecular formula is C31H33FN2O3. The number of halogens is 1. The lowest BCUT2D eigenvalue weighted by Gasteiger charge is -2.19. The molecule has 5 nitrogen and oxygen atoms in total. The van der Waals surface area contributed by atoms with Gasteiger partial charge in [0.15, 0.2) is 0 Å². The minimum absolute atomic E-state index is 0.162. The summed E-state index contributed by atoms with van der Waals surface area (Å²) in [6.07, 6.45) is 3.25. The Balaban J connectivity index is 1.30. The predicted molar refractivity (Wildman–Crippen MR) is 145 cm³/mol. The minimum Gasteiger partial charge on any atom is -0.487 e. The molecule has 0 aliphatic heterocycles. The molecule has 3 aromatic carbocycles. The van der Waals surface area contributed by atoms with E-state index in [0.717, 1.165) is 31.1 Å². The number of aliphatic hydroxyl groups is 1. The van der Waals surface area contributed by atoms with Crippen LogP contribution in [0.4, 0.5) is 4.39 Å². The second kappa shape index (κ2) is 10.9. The first-order valence-corrected chi connectivity index (χ1v) is 13.0. The monoisotopic (exact) mass is 500 g/mol. The molecule has 0 radical (unpaired) electrons. The molecule has 0 spiro atoms. The van der Waals surface area contributed by atoms with Gasteiger partial charge in [0.2, 0.25) is 5.56 Å². The number of hydrogen-bond acceptors (Lipinski definition) is 4. The molecule has 192 valence electrons. The molecule has 0 saturated carbocycles. The highest BCUT2D eigenvalue weighted by Crippen LogP contribution is 2.31. The lowest BCUT2D eigenvalue weighted by atomic mass is 9.97. The zero-order valence-corrected chi connectivity index (χ0v) is 21.3. The fourth-order valence-electron chi connectivity index (χ4n) is 5.41. The number of pyridine rings is 1. The Kier molecular flexibility index (Phi) is 7.40. The van der Waals surface area contributed by atoms with Crippen molar-refractivity contribution in [2.75, 3.05) is 6.54 Å². The standard InChI is InChI=1S/C31H33FN2O3/c1-3-20-13-22-15-25(16-23(22)14-21(20)4-2)33-17-28(35)26-8-10-29(31-27(26)9-11-30(36)34-31)37-18-19-6-5-7-24(32)12-19/h5-14,25,28,33,35H,3-4,15-18H2,1-2H3,(H,34,36)/t28-/m1/s1. The van der Waals surface area contributed by atoms with Crippen LogP contribution in [0.5, 0.6) is 5.75 Å². The SMILES string of the molecule is CCc1cc2c(cc1CC)CC(NC[C@@H](O)c1ccc(OCc3cccc(F)c3)c3[nH]c(=O)ccc13)C2. The summed E-state index contributed by atoms with van der Waals surface area (Å²) in [7, 11) is 0. The number of nitrogens with one attached hydrogen (secondary N) is 2. The van der Waals surface area contributed by atoms with Gasteiger partial charge in [0, 0.05) is 24.0 Å². The lowest BCUT2D eigenvalue weighted by molar-refractivity contribution is 0.171. The molecule has 0 bridgehead atoms. The average molecular weight is 501 g/mol. The van der Waals surface area contributed by atoms with Crippen LogP contribution in [0, 0.1) is 5.82 Å². The van der Waals surface area contributed by atoms with E-state index in [9.17, 15) is 14.3 Å². The number of aromatic nitrogens is 1. The molecule has 3 N–H and O–H groups in total. The maximum atomic E-state index is 13.5. The van der Waals surface area contributed by atoms with Gasteiger partial charge in [-0.15, -0.1) is 0 Å². The molecule has 0 unspecified atom stereocenters. The number of aromatic amines is 1. The fraction of sp³-hybridized carbons (Fsp3) is 0.323. The molecule has 1 atom stereocenters. The van der Waals surface area contributed by atoms with Crippen LogP contribution in [0.15, 0.2) is 65.5 Å². The van der Waals surface area contributed by atoms with Crippen LogP contribution in [0.1, 0.15) is 53.3 Å². The maximum Gasteiger partial charge on any atom is 0.248 e. The molecule has 5 rings (SSSR count). The predicted octanol–water partition coefficient (Wildman–Crippen LogP) is 5.16. The van der Waals surface area contributed by atoms with Crippen LogP contribution >= 0.6 is 0 Å². The highest BCUT2D eigenvalue weighted by Gasteiger charge is 2.24. The summed E-state index contributed by atoms with van der Waals surface area (Å²) < 4.78 is 19.5. The van der Waals surface area contributed by atoms with Crippen molar-refractivity contribution in [3.8, 4) is 5.75 Å². The summed E-state index contributed by atoms with van der Waals surface area (Å²) in [5.74, 6) is 0.151.